The third-order valence-corrected chi connectivity index (χ3v) is 5.78. The van der Waals surface area contributed by atoms with Crippen molar-refractivity contribution < 1.29 is 19.4 Å². The Kier molecular flexibility index (Phi) is 5.06. The number of hydrogen-bond acceptors (Lipinski definition) is 3. The highest BCUT2D eigenvalue weighted by Gasteiger charge is 2.39. The van der Waals surface area contributed by atoms with Crippen LogP contribution in [0, 0.1) is 11.8 Å². The van der Waals surface area contributed by atoms with Gasteiger partial charge in [0.05, 0.1) is 20.1 Å². The molecule has 1 N–H and O–H groups in total. The summed E-state index contributed by atoms with van der Waals surface area (Å²) in [6, 6.07) is 16.3. The first-order chi connectivity index (χ1) is 13.1. The lowest BCUT2D eigenvalue weighted by Gasteiger charge is -2.16. The zero-order valence-electron chi connectivity index (χ0n) is 15.6. The molecule has 2 fully saturated rings. The van der Waals surface area contributed by atoms with Crippen LogP contribution in [0.25, 0.3) is 0 Å². The van der Waals surface area contributed by atoms with E-state index in [9.17, 15) is 9.90 Å². The van der Waals surface area contributed by atoms with Crippen LogP contribution in [0.4, 0.5) is 0 Å². The summed E-state index contributed by atoms with van der Waals surface area (Å²) in [4.78, 5) is 11.2. The van der Waals surface area contributed by atoms with Gasteiger partial charge in [0.15, 0.2) is 0 Å². The summed E-state index contributed by atoms with van der Waals surface area (Å²) < 4.78 is 11.4. The quantitative estimate of drug-likeness (QED) is 0.689. The molecule has 2 unspecified atom stereocenters. The normalized spacial score (nSPS) is 22.1. The van der Waals surface area contributed by atoms with Gasteiger partial charge >= 0.3 is 5.97 Å². The number of carbonyl (C=O) groups is 1. The van der Waals surface area contributed by atoms with Crippen LogP contribution >= 0.6 is 0 Å². The van der Waals surface area contributed by atoms with Gasteiger partial charge in [-0.25, -0.2) is 0 Å². The molecule has 2 aliphatic rings. The van der Waals surface area contributed by atoms with E-state index in [2.05, 4.69) is 12.1 Å². The third-order valence-electron chi connectivity index (χ3n) is 5.78. The zero-order valence-corrected chi connectivity index (χ0v) is 15.6. The number of methoxy groups -OCH3 is 1. The van der Waals surface area contributed by atoms with E-state index < -0.39 is 5.97 Å². The summed E-state index contributed by atoms with van der Waals surface area (Å²) in [5, 5.41) is 9.21. The maximum absolute atomic E-state index is 11.2. The molecule has 0 radical (unpaired) electrons. The largest absolute Gasteiger partial charge is 0.497 e. The molecule has 2 aliphatic carbocycles. The van der Waals surface area contributed by atoms with Crippen molar-refractivity contribution in [3.05, 3.63) is 59.7 Å². The molecule has 0 spiro atoms. The predicted molar refractivity (Wildman–Crippen MR) is 103 cm³/mol. The molecule has 0 aliphatic heterocycles. The molecule has 2 saturated carbocycles. The smallest absolute Gasteiger partial charge is 0.303 e. The third kappa shape index (κ3) is 4.44. The number of carboxylic acids is 1. The molecule has 0 amide bonds. The van der Waals surface area contributed by atoms with Crippen molar-refractivity contribution in [3.8, 4) is 11.5 Å². The van der Waals surface area contributed by atoms with Gasteiger partial charge in [-0.1, -0.05) is 24.3 Å². The van der Waals surface area contributed by atoms with E-state index in [1.165, 1.54) is 5.56 Å². The number of ether oxygens (including phenoxy) is 2. The van der Waals surface area contributed by atoms with Gasteiger partial charge in [-0.3, -0.25) is 4.79 Å². The Morgan fingerprint density at radius 1 is 1.15 bits per heavy atom. The lowest BCUT2D eigenvalue weighted by molar-refractivity contribution is -0.137. The van der Waals surface area contributed by atoms with Crippen LogP contribution in [0.1, 0.15) is 48.6 Å². The first-order valence-electron chi connectivity index (χ1n) is 9.72. The standard InChI is InChI=1S/C23H26O4/c1-26-19-6-2-4-16(10-19)21-12-18(21)14-27-20-7-3-5-17(11-20)22(13-23(24)25)15-8-9-15/h2-7,10-11,15,18,21-22H,8-9,12-14H2,1H3,(H,24,25)/t18?,21?,22-/m1/s1. The van der Waals surface area contributed by atoms with Crippen LogP contribution in [-0.4, -0.2) is 24.8 Å². The summed E-state index contributed by atoms with van der Waals surface area (Å²) >= 11 is 0. The summed E-state index contributed by atoms with van der Waals surface area (Å²) in [6.45, 7) is 0.693. The topological polar surface area (TPSA) is 55.8 Å². The van der Waals surface area contributed by atoms with Gasteiger partial charge in [0.1, 0.15) is 11.5 Å². The van der Waals surface area contributed by atoms with Gasteiger partial charge in [-0.05, 0) is 72.4 Å². The van der Waals surface area contributed by atoms with Crippen molar-refractivity contribution >= 4 is 5.97 Å². The molecule has 0 aromatic heterocycles. The molecule has 3 atom stereocenters. The number of rotatable bonds is 9. The molecule has 4 heteroatoms. The van der Waals surface area contributed by atoms with Crippen LogP contribution in [0.2, 0.25) is 0 Å². The predicted octanol–water partition coefficient (Wildman–Crippen LogP) is 4.85. The maximum atomic E-state index is 11.2. The van der Waals surface area contributed by atoms with Crippen molar-refractivity contribution in [2.45, 2.75) is 37.5 Å². The molecule has 4 rings (SSSR count). The zero-order chi connectivity index (χ0) is 18.8. The molecular weight excluding hydrogens is 340 g/mol. The molecule has 2 aromatic rings. The van der Waals surface area contributed by atoms with Crippen LogP contribution < -0.4 is 9.47 Å². The van der Waals surface area contributed by atoms with Gasteiger partial charge in [0, 0.05) is 5.92 Å². The minimum Gasteiger partial charge on any atom is -0.497 e. The Morgan fingerprint density at radius 2 is 1.93 bits per heavy atom. The second kappa shape index (κ2) is 7.63. The van der Waals surface area contributed by atoms with E-state index in [4.69, 9.17) is 9.47 Å². The highest BCUT2D eigenvalue weighted by Crippen LogP contribution is 2.48. The highest BCUT2D eigenvalue weighted by atomic mass is 16.5. The SMILES string of the molecule is COc1cccc(C2CC2COc2cccc([C@H](CC(=O)O)C3CC3)c2)c1. The van der Waals surface area contributed by atoms with E-state index >= 15 is 0 Å². The summed E-state index contributed by atoms with van der Waals surface area (Å²) in [5.41, 5.74) is 2.41. The number of hydrogen-bond donors (Lipinski definition) is 1. The van der Waals surface area contributed by atoms with Gasteiger partial charge in [-0.2, -0.15) is 0 Å². The van der Waals surface area contributed by atoms with Gasteiger partial charge < -0.3 is 14.6 Å². The Hall–Kier alpha value is -2.49. The van der Waals surface area contributed by atoms with Crippen molar-refractivity contribution in [1.29, 1.82) is 0 Å². The lowest BCUT2D eigenvalue weighted by atomic mass is 9.91. The number of carboxylic acid groups (broad SMARTS) is 1. The van der Waals surface area contributed by atoms with Gasteiger partial charge in [0.2, 0.25) is 0 Å². The van der Waals surface area contributed by atoms with Crippen LogP contribution in [-0.2, 0) is 4.79 Å². The average molecular weight is 366 g/mol. The van der Waals surface area contributed by atoms with E-state index in [0.29, 0.717) is 24.4 Å². The minimum atomic E-state index is -0.725. The molecule has 0 saturated heterocycles. The summed E-state index contributed by atoms with van der Waals surface area (Å²) in [5.74, 6) is 2.70. The second-order valence-corrected chi connectivity index (χ2v) is 7.80. The Balaban J connectivity index is 1.36. The minimum absolute atomic E-state index is 0.108. The van der Waals surface area contributed by atoms with Crippen LogP contribution in [0.3, 0.4) is 0 Å². The van der Waals surface area contributed by atoms with Gasteiger partial charge in [0.25, 0.3) is 0 Å². The first-order valence-corrected chi connectivity index (χ1v) is 9.72. The maximum Gasteiger partial charge on any atom is 0.303 e. The molecule has 2 aromatic carbocycles. The first kappa shape index (κ1) is 17.9. The average Bonchev–Trinajstić information content (AvgIpc) is 3.59. The van der Waals surface area contributed by atoms with Crippen molar-refractivity contribution in [1.82, 2.24) is 0 Å². The molecule has 0 bridgehead atoms. The van der Waals surface area contributed by atoms with E-state index in [-0.39, 0.29) is 12.3 Å². The lowest BCUT2D eigenvalue weighted by Crippen LogP contribution is -2.09. The summed E-state index contributed by atoms with van der Waals surface area (Å²) in [6.07, 6.45) is 3.60. The molecular formula is C23H26O4. The number of benzene rings is 2. The second-order valence-electron chi connectivity index (χ2n) is 7.80. The van der Waals surface area contributed by atoms with Crippen molar-refractivity contribution in [2.24, 2.45) is 11.8 Å². The van der Waals surface area contributed by atoms with Crippen molar-refractivity contribution in [3.63, 3.8) is 0 Å². The van der Waals surface area contributed by atoms with E-state index in [0.717, 1.165) is 36.3 Å². The highest BCUT2D eigenvalue weighted by molar-refractivity contribution is 5.68. The fourth-order valence-corrected chi connectivity index (χ4v) is 3.99. The Labute approximate surface area is 160 Å². The van der Waals surface area contributed by atoms with Crippen molar-refractivity contribution in [2.75, 3.05) is 13.7 Å². The summed E-state index contributed by atoms with van der Waals surface area (Å²) in [7, 11) is 1.69. The van der Waals surface area contributed by atoms with Gasteiger partial charge in [-0.15, -0.1) is 0 Å². The Morgan fingerprint density at radius 3 is 2.67 bits per heavy atom. The fraction of sp³-hybridized carbons (Fsp3) is 0.435. The molecule has 4 nitrogen and oxygen atoms in total. The molecule has 27 heavy (non-hydrogen) atoms. The molecule has 0 heterocycles. The fourth-order valence-electron chi connectivity index (χ4n) is 3.99. The van der Waals surface area contributed by atoms with E-state index in [1.54, 1.807) is 7.11 Å². The Bertz CT molecular complexity index is 812. The van der Waals surface area contributed by atoms with Crippen LogP contribution in [0.5, 0.6) is 11.5 Å². The van der Waals surface area contributed by atoms with E-state index in [1.807, 2.05) is 36.4 Å². The molecule has 142 valence electrons. The van der Waals surface area contributed by atoms with Crippen LogP contribution in [0.15, 0.2) is 48.5 Å². The monoisotopic (exact) mass is 366 g/mol. The number of aliphatic carboxylic acids is 1.